The molecule has 1 N–H and O–H groups in total. The first-order chi connectivity index (χ1) is 23.8. The monoisotopic (exact) mass is 674 g/mol. The third-order valence-corrected chi connectivity index (χ3v) is 7.25. The van der Waals surface area contributed by atoms with Crippen molar-refractivity contribution in [2.24, 2.45) is 0 Å². The molecule has 1 unspecified atom stereocenters. The molecule has 49 heavy (non-hydrogen) atoms. The van der Waals surface area contributed by atoms with Gasteiger partial charge in [-0.1, -0.05) is 19.6 Å². The van der Waals surface area contributed by atoms with Crippen molar-refractivity contribution >= 4 is 17.9 Å². The van der Waals surface area contributed by atoms with Crippen LogP contribution < -0.4 is 18.9 Å². The second kappa shape index (κ2) is 21.8. The Morgan fingerprint density at radius 2 is 1.16 bits per heavy atom. The number of hydrogen-bond donors (Lipinski definition) is 1. The second-order valence-electron chi connectivity index (χ2n) is 11.1. The molecule has 0 saturated heterocycles. The normalized spacial score (nSPS) is 11.2. The number of rotatable bonds is 23. The molecular formula is C39H46O10. The van der Waals surface area contributed by atoms with Crippen LogP contribution in [0, 0.1) is 6.92 Å². The van der Waals surface area contributed by atoms with Crippen LogP contribution in [-0.4, -0.2) is 55.7 Å². The van der Waals surface area contributed by atoms with E-state index in [0.29, 0.717) is 66.1 Å². The molecule has 0 aliphatic carbocycles. The lowest BCUT2D eigenvalue weighted by molar-refractivity contribution is -0.137. The van der Waals surface area contributed by atoms with Crippen LogP contribution in [0.5, 0.6) is 23.0 Å². The average molecular weight is 675 g/mol. The molecule has 0 fully saturated rings. The summed E-state index contributed by atoms with van der Waals surface area (Å²) in [5.41, 5.74) is 1.29. The number of benzene rings is 3. The number of unbranched alkanes of at least 4 members (excludes halogenated alkanes) is 6. The van der Waals surface area contributed by atoms with Gasteiger partial charge in [0.25, 0.3) is 0 Å². The van der Waals surface area contributed by atoms with Gasteiger partial charge in [-0.3, -0.25) is 0 Å². The van der Waals surface area contributed by atoms with Crippen molar-refractivity contribution in [3.8, 4) is 23.0 Å². The second-order valence-corrected chi connectivity index (χ2v) is 11.1. The van der Waals surface area contributed by atoms with Gasteiger partial charge in [0, 0.05) is 6.08 Å². The largest absolute Gasteiger partial charge is 0.494 e. The van der Waals surface area contributed by atoms with Crippen molar-refractivity contribution in [1.82, 2.24) is 0 Å². The predicted molar refractivity (Wildman–Crippen MR) is 185 cm³/mol. The fraction of sp³-hybridized carbons (Fsp3) is 0.359. The highest BCUT2D eigenvalue weighted by molar-refractivity contribution is 5.93. The minimum absolute atomic E-state index is 0.318. The van der Waals surface area contributed by atoms with Crippen molar-refractivity contribution in [3.63, 3.8) is 0 Å². The average Bonchev–Trinajstić information content (AvgIpc) is 3.11. The van der Waals surface area contributed by atoms with Gasteiger partial charge in [-0.2, -0.15) is 0 Å². The van der Waals surface area contributed by atoms with Crippen molar-refractivity contribution in [2.45, 2.75) is 64.6 Å². The number of carbonyl (C=O) groups is 3. The standard InChI is InChI=1S/C39H46O10/c1-4-36(40)46-26-12-8-6-10-24-44-32-17-14-30(15-18-32)38(42)49-35-23-16-31(28-29(35)3)39(43)48-34-21-19-33(20-22-34)45-25-11-7-9-13-27-47-37(41)5-2/h4-5,14-23,28,36,40H,1-2,6-13,24-27H2,3H3. The first kappa shape index (κ1) is 38.5. The lowest BCUT2D eigenvalue weighted by Gasteiger charge is -2.11. The lowest BCUT2D eigenvalue weighted by Crippen LogP contribution is -2.11. The van der Waals surface area contributed by atoms with E-state index in [0.717, 1.165) is 57.4 Å². The molecule has 10 nitrogen and oxygen atoms in total. The van der Waals surface area contributed by atoms with Gasteiger partial charge in [0.1, 0.15) is 23.0 Å². The molecule has 0 aromatic heterocycles. The van der Waals surface area contributed by atoms with Gasteiger partial charge in [-0.05, 0) is 130 Å². The zero-order chi connectivity index (χ0) is 35.3. The molecule has 0 radical (unpaired) electrons. The minimum Gasteiger partial charge on any atom is -0.494 e. The van der Waals surface area contributed by atoms with Crippen LogP contribution in [0.2, 0.25) is 0 Å². The van der Waals surface area contributed by atoms with E-state index in [1.807, 2.05) is 0 Å². The van der Waals surface area contributed by atoms with E-state index in [1.54, 1.807) is 73.7 Å². The van der Waals surface area contributed by atoms with Gasteiger partial charge in [-0.15, -0.1) is 0 Å². The van der Waals surface area contributed by atoms with Gasteiger partial charge < -0.3 is 33.5 Å². The molecule has 262 valence electrons. The molecule has 0 amide bonds. The van der Waals surface area contributed by atoms with Gasteiger partial charge in [0.15, 0.2) is 6.29 Å². The number of ether oxygens (including phenoxy) is 6. The van der Waals surface area contributed by atoms with Crippen LogP contribution >= 0.6 is 0 Å². The topological polar surface area (TPSA) is 127 Å². The maximum atomic E-state index is 12.8. The van der Waals surface area contributed by atoms with E-state index in [-0.39, 0.29) is 0 Å². The van der Waals surface area contributed by atoms with Crippen molar-refractivity contribution in [3.05, 3.63) is 109 Å². The van der Waals surface area contributed by atoms with Crippen LogP contribution in [0.3, 0.4) is 0 Å². The summed E-state index contributed by atoms with van der Waals surface area (Å²) in [4.78, 5) is 36.6. The first-order valence-corrected chi connectivity index (χ1v) is 16.5. The Morgan fingerprint density at radius 3 is 1.73 bits per heavy atom. The van der Waals surface area contributed by atoms with Crippen molar-refractivity contribution in [2.75, 3.05) is 26.4 Å². The highest BCUT2D eigenvalue weighted by Crippen LogP contribution is 2.24. The molecule has 0 bridgehead atoms. The minimum atomic E-state index is -0.912. The molecule has 0 aliphatic heterocycles. The molecule has 1 atom stereocenters. The van der Waals surface area contributed by atoms with Crippen molar-refractivity contribution < 1.29 is 47.9 Å². The van der Waals surface area contributed by atoms with Gasteiger partial charge in [-0.25, -0.2) is 14.4 Å². The molecule has 0 aliphatic rings. The van der Waals surface area contributed by atoms with E-state index in [2.05, 4.69) is 13.2 Å². The summed E-state index contributed by atoms with van der Waals surface area (Å²) < 4.78 is 32.7. The lowest BCUT2D eigenvalue weighted by atomic mass is 10.1. The summed E-state index contributed by atoms with van der Waals surface area (Å²) in [6.07, 6.45) is 8.79. The molecule has 0 saturated carbocycles. The summed E-state index contributed by atoms with van der Waals surface area (Å²) in [7, 11) is 0. The number of aliphatic hydroxyl groups is 1. The summed E-state index contributed by atoms with van der Waals surface area (Å²) in [5.74, 6) is 0.565. The van der Waals surface area contributed by atoms with E-state index in [4.69, 9.17) is 28.4 Å². The van der Waals surface area contributed by atoms with Gasteiger partial charge in [0.05, 0.1) is 37.6 Å². The van der Waals surface area contributed by atoms with Crippen LogP contribution in [0.4, 0.5) is 0 Å². The zero-order valence-electron chi connectivity index (χ0n) is 28.1. The van der Waals surface area contributed by atoms with E-state index < -0.39 is 24.2 Å². The Labute approximate surface area is 288 Å². The van der Waals surface area contributed by atoms with Gasteiger partial charge in [0.2, 0.25) is 0 Å². The third kappa shape index (κ3) is 14.8. The molecule has 3 rings (SSSR count). The molecule has 3 aromatic carbocycles. The van der Waals surface area contributed by atoms with E-state index in [9.17, 15) is 19.5 Å². The summed E-state index contributed by atoms with van der Waals surface area (Å²) in [6.45, 7) is 10.5. The fourth-order valence-corrected chi connectivity index (χ4v) is 4.51. The maximum absolute atomic E-state index is 12.8. The Hall–Kier alpha value is -4.93. The van der Waals surface area contributed by atoms with E-state index in [1.165, 1.54) is 6.08 Å². The Bertz CT molecular complexity index is 1480. The van der Waals surface area contributed by atoms with Crippen LogP contribution in [0.25, 0.3) is 0 Å². The number of carbonyl (C=O) groups excluding carboxylic acids is 3. The Morgan fingerprint density at radius 1 is 0.653 bits per heavy atom. The Balaban J connectivity index is 1.35. The summed E-state index contributed by atoms with van der Waals surface area (Å²) in [5, 5.41) is 9.27. The number of esters is 3. The van der Waals surface area contributed by atoms with Crippen LogP contribution in [0.1, 0.15) is 77.6 Å². The first-order valence-electron chi connectivity index (χ1n) is 16.5. The molecule has 0 spiro atoms. The van der Waals surface area contributed by atoms with Crippen molar-refractivity contribution in [1.29, 1.82) is 0 Å². The fourth-order valence-electron chi connectivity index (χ4n) is 4.51. The summed E-state index contributed by atoms with van der Waals surface area (Å²) >= 11 is 0. The quantitative estimate of drug-likeness (QED) is 0.0269. The predicted octanol–water partition coefficient (Wildman–Crippen LogP) is 7.56. The molecule has 10 heteroatoms. The third-order valence-electron chi connectivity index (χ3n) is 7.25. The smallest absolute Gasteiger partial charge is 0.343 e. The molecular weight excluding hydrogens is 628 g/mol. The van der Waals surface area contributed by atoms with E-state index >= 15 is 0 Å². The molecule has 3 aromatic rings. The number of aliphatic hydroxyl groups excluding tert-OH is 1. The highest BCUT2D eigenvalue weighted by atomic mass is 16.6. The SMILES string of the molecule is C=CC(=O)OCCCCCCOc1ccc(OC(=O)c2ccc(OC(=O)c3ccc(OCCCCCCOC(O)C=C)cc3)c(C)c2)cc1. The number of aryl methyl sites for hydroxylation is 1. The zero-order valence-corrected chi connectivity index (χ0v) is 28.1. The van der Waals surface area contributed by atoms with Crippen LogP contribution in [-0.2, 0) is 14.3 Å². The Kier molecular flexibility index (Phi) is 17.2. The molecule has 0 heterocycles. The van der Waals surface area contributed by atoms with Gasteiger partial charge >= 0.3 is 17.9 Å². The maximum Gasteiger partial charge on any atom is 0.343 e. The highest BCUT2D eigenvalue weighted by Gasteiger charge is 2.15. The summed E-state index contributed by atoms with van der Waals surface area (Å²) in [6, 6.07) is 18.3. The van der Waals surface area contributed by atoms with Crippen LogP contribution in [0.15, 0.2) is 92.0 Å². The number of hydrogen-bond acceptors (Lipinski definition) is 10.